The highest BCUT2D eigenvalue weighted by atomic mass is 127. The van der Waals surface area contributed by atoms with Gasteiger partial charge in [-0.3, -0.25) is 0 Å². The van der Waals surface area contributed by atoms with Gasteiger partial charge in [0.1, 0.15) is 0 Å². The smallest absolute Gasteiger partial charge is 0.189 e. The molecule has 0 saturated carbocycles. The molecule has 0 aliphatic carbocycles. The van der Waals surface area contributed by atoms with E-state index in [1.54, 1.807) is 0 Å². The molecule has 5 heteroatoms. The zero-order valence-electron chi connectivity index (χ0n) is 13.1. The molecule has 0 bridgehead atoms. The quantitative estimate of drug-likeness (QED) is 0.308. The number of halogens is 2. The second-order valence-corrected chi connectivity index (χ2v) is 5.61. The molecule has 0 unspecified atom stereocenters. The summed E-state index contributed by atoms with van der Waals surface area (Å²) in [6, 6.07) is 15.9. The van der Waals surface area contributed by atoms with Crippen LogP contribution in [0.15, 0.2) is 65.7 Å². The first-order valence-electron chi connectivity index (χ1n) is 7.08. The van der Waals surface area contributed by atoms with E-state index < -0.39 is 0 Å². The molecule has 23 heavy (non-hydrogen) atoms. The average Bonchev–Trinajstić information content (AvgIpc) is 2.52. The van der Waals surface area contributed by atoms with Crippen molar-refractivity contribution in [2.45, 2.75) is 13.5 Å². The highest BCUT2D eigenvalue weighted by Crippen LogP contribution is 2.25. The summed E-state index contributed by atoms with van der Waals surface area (Å²) in [6.07, 6.45) is 0. The van der Waals surface area contributed by atoms with Crippen LogP contribution in [-0.4, -0.2) is 12.5 Å². The summed E-state index contributed by atoms with van der Waals surface area (Å²) in [5, 5.41) is 3.76. The lowest BCUT2D eigenvalue weighted by molar-refractivity contribution is 0.941. The van der Waals surface area contributed by atoms with Gasteiger partial charge in [0, 0.05) is 11.6 Å². The SMILES string of the molecule is C=C(C)CNC(N)=NCc1ccccc1-c1ccc(Cl)cc1.I. The third-order valence-corrected chi connectivity index (χ3v) is 3.42. The van der Waals surface area contributed by atoms with Crippen molar-refractivity contribution >= 4 is 41.5 Å². The molecule has 0 fully saturated rings. The molecule has 2 aromatic carbocycles. The summed E-state index contributed by atoms with van der Waals surface area (Å²) in [7, 11) is 0. The topological polar surface area (TPSA) is 50.4 Å². The average molecular weight is 442 g/mol. The van der Waals surface area contributed by atoms with E-state index >= 15 is 0 Å². The Kier molecular flexibility index (Phi) is 8.12. The highest BCUT2D eigenvalue weighted by Gasteiger charge is 2.04. The fourth-order valence-electron chi connectivity index (χ4n) is 2.04. The summed E-state index contributed by atoms with van der Waals surface area (Å²) in [6.45, 7) is 6.92. The third kappa shape index (κ3) is 6.23. The lowest BCUT2D eigenvalue weighted by atomic mass is 10.00. The molecule has 2 aromatic rings. The molecule has 0 aromatic heterocycles. The van der Waals surface area contributed by atoms with Crippen molar-refractivity contribution < 1.29 is 0 Å². The number of rotatable bonds is 5. The summed E-state index contributed by atoms with van der Waals surface area (Å²) in [5.41, 5.74) is 10.2. The summed E-state index contributed by atoms with van der Waals surface area (Å²) in [5.74, 6) is 0.425. The van der Waals surface area contributed by atoms with Crippen molar-refractivity contribution in [3.63, 3.8) is 0 Å². The normalized spacial score (nSPS) is 10.8. The molecule has 0 atom stereocenters. The monoisotopic (exact) mass is 441 g/mol. The lowest BCUT2D eigenvalue weighted by Crippen LogP contribution is -2.32. The van der Waals surface area contributed by atoms with Crippen molar-refractivity contribution in [2.24, 2.45) is 10.7 Å². The van der Waals surface area contributed by atoms with Gasteiger partial charge in [-0.05, 0) is 35.7 Å². The summed E-state index contributed by atoms with van der Waals surface area (Å²) < 4.78 is 0. The minimum absolute atomic E-state index is 0. The van der Waals surface area contributed by atoms with Gasteiger partial charge in [0.05, 0.1) is 6.54 Å². The minimum atomic E-state index is 0. The number of nitrogens with zero attached hydrogens (tertiary/aromatic N) is 1. The van der Waals surface area contributed by atoms with Crippen LogP contribution in [0.25, 0.3) is 11.1 Å². The number of guanidine groups is 1. The van der Waals surface area contributed by atoms with Gasteiger partial charge in [0.15, 0.2) is 5.96 Å². The second-order valence-electron chi connectivity index (χ2n) is 5.18. The van der Waals surface area contributed by atoms with Crippen LogP contribution in [0.4, 0.5) is 0 Å². The Morgan fingerprint density at radius 2 is 1.83 bits per heavy atom. The Balaban J connectivity index is 0.00000264. The first-order valence-corrected chi connectivity index (χ1v) is 7.46. The van der Waals surface area contributed by atoms with Crippen molar-refractivity contribution in [1.29, 1.82) is 0 Å². The Morgan fingerprint density at radius 1 is 1.17 bits per heavy atom. The summed E-state index contributed by atoms with van der Waals surface area (Å²) in [4.78, 5) is 4.39. The number of nitrogens with two attached hydrogens (primary N) is 1. The fraction of sp³-hybridized carbons (Fsp3) is 0.167. The van der Waals surface area contributed by atoms with Crippen LogP contribution >= 0.6 is 35.6 Å². The molecule has 0 amide bonds. The van der Waals surface area contributed by atoms with E-state index in [-0.39, 0.29) is 24.0 Å². The lowest BCUT2D eigenvalue weighted by Gasteiger charge is -2.09. The number of hydrogen-bond donors (Lipinski definition) is 2. The first-order chi connectivity index (χ1) is 10.6. The van der Waals surface area contributed by atoms with Gasteiger partial charge in [-0.2, -0.15) is 0 Å². The van der Waals surface area contributed by atoms with Gasteiger partial charge in [0.2, 0.25) is 0 Å². The maximum absolute atomic E-state index is 5.95. The maximum Gasteiger partial charge on any atom is 0.189 e. The van der Waals surface area contributed by atoms with Crippen LogP contribution in [-0.2, 0) is 6.54 Å². The second kappa shape index (κ2) is 9.57. The van der Waals surface area contributed by atoms with Crippen molar-refractivity contribution in [3.8, 4) is 11.1 Å². The van der Waals surface area contributed by atoms with Crippen LogP contribution in [0.3, 0.4) is 0 Å². The van der Waals surface area contributed by atoms with Gasteiger partial charge in [-0.15, -0.1) is 24.0 Å². The van der Waals surface area contributed by atoms with Crippen LogP contribution in [0.2, 0.25) is 5.02 Å². The molecule has 122 valence electrons. The molecule has 0 spiro atoms. The standard InChI is InChI=1S/C18H20ClN3.HI/c1-13(2)11-21-18(20)22-12-15-5-3-4-6-17(15)14-7-9-16(19)10-8-14;/h3-10H,1,11-12H2,2H3,(H3,20,21,22);1H. The molecule has 3 N–H and O–H groups in total. The molecule has 2 rings (SSSR count). The van der Waals surface area contributed by atoms with Gasteiger partial charge in [-0.1, -0.05) is 60.2 Å². The Morgan fingerprint density at radius 3 is 2.48 bits per heavy atom. The number of benzene rings is 2. The molecule has 0 heterocycles. The predicted octanol–water partition coefficient (Wildman–Crippen LogP) is 4.61. The molecule has 0 aliphatic heterocycles. The number of nitrogens with one attached hydrogen (secondary N) is 1. The van der Waals surface area contributed by atoms with E-state index in [1.165, 1.54) is 0 Å². The Bertz CT molecular complexity index is 681. The van der Waals surface area contributed by atoms with Crippen LogP contribution in [0.1, 0.15) is 12.5 Å². The molecule has 0 radical (unpaired) electrons. The van der Waals surface area contributed by atoms with E-state index in [9.17, 15) is 0 Å². The number of aliphatic imine (C=N–C) groups is 1. The van der Waals surface area contributed by atoms with Crippen LogP contribution in [0.5, 0.6) is 0 Å². The Hall–Kier alpha value is -1.53. The van der Waals surface area contributed by atoms with E-state index in [0.717, 1.165) is 27.3 Å². The van der Waals surface area contributed by atoms with Crippen molar-refractivity contribution in [3.05, 3.63) is 71.3 Å². The predicted molar refractivity (Wildman–Crippen MR) is 110 cm³/mol. The van der Waals surface area contributed by atoms with Gasteiger partial charge in [0.25, 0.3) is 0 Å². The molecule has 3 nitrogen and oxygen atoms in total. The summed E-state index contributed by atoms with van der Waals surface area (Å²) >= 11 is 5.95. The van der Waals surface area contributed by atoms with E-state index in [4.69, 9.17) is 17.3 Å². The van der Waals surface area contributed by atoms with Gasteiger partial charge in [-0.25, -0.2) is 4.99 Å². The van der Waals surface area contributed by atoms with E-state index in [2.05, 4.69) is 29.0 Å². The number of hydrogen-bond acceptors (Lipinski definition) is 1. The van der Waals surface area contributed by atoms with Crippen LogP contribution in [0, 0.1) is 0 Å². The van der Waals surface area contributed by atoms with E-state index in [1.807, 2.05) is 43.3 Å². The maximum atomic E-state index is 5.95. The first kappa shape index (κ1) is 19.5. The molecular weight excluding hydrogens is 421 g/mol. The third-order valence-electron chi connectivity index (χ3n) is 3.16. The fourth-order valence-corrected chi connectivity index (χ4v) is 2.16. The van der Waals surface area contributed by atoms with Crippen molar-refractivity contribution in [2.75, 3.05) is 6.54 Å². The van der Waals surface area contributed by atoms with E-state index in [0.29, 0.717) is 19.0 Å². The Labute approximate surface area is 159 Å². The molecule has 0 aliphatic rings. The highest BCUT2D eigenvalue weighted by molar-refractivity contribution is 14.0. The molecular formula is C18H21ClIN3. The largest absolute Gasteiger partial charge is 0.370 e. The zero-order chi connectivity index (χ0) is 15.9. The van der Waals surface area contributed by atoms with Crippen LogP contribution < -0.4 is 11.1 Å². The van der Waals surface area contributed by atoms with Gasteiger partial charge >= 0.3 is 0 Å². The van der Waals surface area contributed by atoms with Crippen molar-refractivity contribution in [1.82, 2.24) is 5.32 Å². The minimum Gasteiger partial charge on any atom is -0.370 e. The zero-order valence-corrected chi connectivity index (χ0v) is 16.1. The van der Waals surface area contributed by atoms with Gasteiger partial charge < -0.3 is 11.1 Å². The molecule has 0 saturated heterocycles.